The van der Waals surface area contributed by atoms with Gasteiger partial charge in [0.2, 0.25) is 0 Å². The number of rotatable bonds is 10. The standard InChI is InChI=1S/C34H38N2O4S/c1-24-21-26(5-6-27(24)23-36-15-18-39-19-16-36)33(37)32-30-12-11-29(38-2)22-31(30)41-34(32)25-7-9-28(10-8-25)40-20-17-35-13-3-4-14-35/h5-12,21-22H,3-4,13-20,23H2,1-2H3. The van der Waals surface area contributed by atoms with E-state index >= 15 is 0 Å². The Balaban J connectivity index is 1.27. The van der Waals surface area contributed by atoms with Gasteiger partial charge in [-0.15, -0.1) is 11.3 Å². The van der Waals surface area contributed by atoms with Crippen LogP contribution in [-0.2, 0) is 11.3 Å². The van der Waals surface area contributed by atoms with E-state index in [1.54, 1.807) is 18.4 Å². The molecule has 1 aromatic heterocycles. The first-order chi connectivity index (χ1) is 20.1. The molecule has 0 saturated carbocycles. The predicted octanol–water partition coefficient (Wildman–Crippen LogP) is 6.42. The zero-order chi connectivity index (χ0) is 28.2. The first-order valence-electron chi connectivity index (χ1n) is 14.6. The van der Waals surface area contributed by atoms with Gasteiger partial charge in [0.15, 0.2) is 5.78 Å². The molecule has 2 fully saturated rings. The zero-order valence-corrected chi connectivity index (χ0v) is 24.8. The Kier molecular flexibility index (Phi) is 8.67. The molecule has 0 amide bonds. The number of ketones is 1. The molecule has 0 spiro atoms. The van der Waals surface area contributed by atoms with Crippen molar-refractivity contribution in [2.24, 2.45) is 0 Å². The molecule has 2 aliphatic rings. The summed E-state index contributed by atoms with van der Waals surface area (Å²) in [6, 6.07) is 20.3. The molecule has 4 aromatic rings. The molecule has 41 heavy (non-hydrogen) atoms. The van der Waals surface area contributed by atoms with Crippen LogP contribution < -0.4 is 9.47 Å². The molecule has 2 saturated heterocycles. The number of aryl methyl sites for hydroxylation is 1. The topological polar surface area (TPSA) is 51.2 Å². The van der Waals surface area contributed by atoms with Crippen LogP contribution in [0.5, 0.6) is 11.5 Å². The fourth-order valence-corrected chi connectivity index (χ4v) is 7.03. The van der Waals surface area contributed by atoms with E-state index in [1.165, 1.54) is 31.5 Å². The van der Waals surface area contributed by atoms with Crippen molar-refractivity contribution >= 4 is 27.2 Å². The van der Waals surface area contributed by atoms with Crippen LogP contribution in [0.1, 0.15) is 39.9 Å². The SMILES string of the molecule is COc1ccc2c(C(=O)c3ccc(CN4CCOCC4)c(C)c3)c(-c3ccc(OCCN4CCCC4)cc3)sc2c1. The lowest BCUT2D eigenvalue weighted by atomic mass is 9.95. The van der Waals surface area contributed by atoms with E-state index in [-0.39, 0.29) is 5.78 Å². The summed E-state index contributed by atoms with van der Waals surface area (Å²) in [5, 5.41) is 0.955. The lowest BCUT2D eigenvalue weighted by molar-refractivity contribution is 0.0341. The van der Waals surface area contributed by atoms with Crippen molar-refractivity contribution in [1.82, 2.24) is 9.80 Å². The van der Waals surface area contributed by atoms with E-state index in [4.69, 9.17) is 14.2 Å². The number of ether oxygens (including phenoxy) is 3. The van der Waals surface area contributed by atoms with Crippen LogP contribution in [0.25, 0.3) is 20.5 Å². The monoisotopic (exact) mass is 570 g/mol. The van der Waals surface area contributed by atoms with E-state index in [9.17, 15) is 4.79 Å². The Hall–Kier alpha value is -3.23. The van der Waals surface area contributed by atoms with Crippen molar-refractivity contribution in [3.05, 3.63) is 82.9 Å². The molecular formula is C34H38N2O4S. The van der Waals surface area contributed by atoms with Gasteiger partial charge in [-0.3, -0.25) is 14.6 Å². The fourth-order valence-electron chi connectivity index (χ4n) is 5.79. The summed E-state index contributed by atoms with van der Waals surface area (Å²) in [5.74, 6) is 1.69. The largest absolute Gasteiger partial charge is 0.497 e. The number of hydrogen-bond acceptors (Lipinski definition) is 7. The molecule has 0 bridgehead atoms. The molecule has 2 aliphatic heterocycles. The molecule has 0 radical (unpaired) electrons. The lowest BCUT2D eigenvalue weighted by Crippen LogP contribution is -2.35. The summed E-state index contributed by atoms with van der Waals surface area (Å²) >= 11 is 1.63. The summed E-state index contributed by atoms with van der Waals surface area (Å²) < 4.78 is 18.1. The van der Waals surface area contributed by atoms with Gasteiger partial charge in [-0.05, 0) is 98.1 Å². The van der Waals surface area contributed by atoms with Gasteiger partial charge < -0.3 is 14.2 Å². The van der Waals surface area contributed by atoms with E-state index in [0.29, 0.717) is 12.2 Å². The van der Waals surface area contributed by atoms with Gasteiger partial charge in [0.05, 0.1) is 20.3 Å². The Morgan fingerprint density at radius 1 is 0.902 bits per heavy atom. The Morgan fingerprint density at radius 2 is 1.66 bits per heavy atom. The first-order valence-corrected chi connectivity index (χ1v) is 15.4. The zero-order valence-electron chi connectivity index (χ0n) is 24.0. The molecule has 0 N–H and O–H groups in total. The highest BCUT2D eigenvalue weighted by Gasteiger charge is 2.23. The number of fused-ring (bicyclic) bond motifs is 1. The number of thiophene rings is 1. The van der Waals surface area contributed by atoms with Crippen molar-refractivity contribution in [3.63, 3.8) is 0 Å². The second-order valence-electron chi connectivity index (χ2n) is 10.9. The van der Waals surface area contributed by atoms with E-state index in [2.05, 4.69) is 34.9 Å². The average Bonchev–Trinajstić information content (AvgIpc) is 3.66. The summed E-state index contributed by atoms with van der Waals surface area (Å²) in [7, 11) is 1.67. The van der Waals surface area contributed by atoms with Crippen LogP contribution in [0.4, 0.5) is 0 Å². The molecular weight excluding hydrogens is 532 g/mol. The number of morpholine rings is 1. The third-order valence-electron chi connectivity index (χ3n) is 8.22. The highest BCUT2D eigenvalue weighted by Crippen LogP contribution is 2.41. The second kappa shape index (κ2) is 12.7. The number of benzene rings is 3. The number of carbonyl (C=O) groups excluding carboxylic acids is 1. The van der Waals surface area contributed by atoms with Gasteiger partial charge in [-0.25, -0.2) is 0 Å². The summed E-state index contributed by atoms with van der Waals surface area (Å²) in [4.78, 5) is 20.0. The minimum atomic E-state index is 0.0448. The minimum absolute atomic E-state index is 0.0448. The van der Waals surface area contributed by atoms with Crippen LogP contribution in [-0.4, -0.2) is 75.2 Å². The highest BCUT2D eigenvalue weighted by atomic mass is 32.1. The van der Waals surface area contributed by atoms with Crippen molar-refractivity contribution in [1.29, 1.82) is 0 Å². The van der Waals surface area contributed by atoms with Crippen LogP contribution in [0.2, 0.25) is 0 Å². The number of carbonyl (C=O) groups is 1. The fraction of sp³-hybridized carbons (Fsp3) is 0.382. The number of hydrogen-bond donors (Lipinski definition) is 0. The summed E-state index contributed by atoms with van der Waals surface area (Å²) in [6.45, 7) is 10.4. The normalized spacial score (nSPS) is 16.3. The van der Waals surface area contributed by atoms with E-state index in [1.807, 2.05) is 42.5 Å². The van der Waals surface area contributed by atoms with Gasteiger partial charge in [0.25, 0.3) is 0 Å². The average molecular weight is 571 g/mol. The molecule has 0 unspecified atom stereocenters. The number of likely N-dealkylation sites (tertiary alicyclic amines) is 1. The summed E-state index contributed by atoms with van der Waals surface area (Å²) in [5.41, 5.74) is 4.87. The third kappa shape index (κ3) is 6.33. The maximum atomic E-state index is 14.2. The quantitative estimate of drug-likeness (QED) is 0.205. The van der Waals surface area contributed by atoms with Gasteiger partial charge >= 0.3 is 0 Å². The predicted molar refractivity (Wildman–Crippen MR) is 166 cm³/mol. The maximum absolute atomic E-state index is 14.2. The van der Waals surface area contributed by atoms with Crippen molar-refractivity contribution in [2.45, 2.75) is 26.3 Å². The van der Waals surface area contributed by atoms with Crippen molar-refractivity contribution in [2.75, 3.05) is 59.7 Å². The maximum Gasteiger partial charge on any atom is 0.195 e. The number of nitrogens with zero attached hydrogens (tertiary/aromatic N) is 2. The van der Waals surface area contributed by atoms with Crippen LogP contribution in [0.15, 0.2) is 60.7 Å². The molecule has 6 nitrogen and oxygen atoms in total. The number of methoxy groups -OCH3 is 1. The molecule has 0 aliphatic carbocycles. The highest BCUT2D eigenvalue weighted by molar-refractivity contribution is 7.22. The van der Waals surface area contributed by atoms with Gasteiger partial charge in [-0.2, -0.15) is 0 Å². The molecule has 214 valence electrons. The van der Waals surface area contributed by atoms with Crippen LogP contribution in [0.3, 0.4) is 0 Å². The van der Waals surface area contributed by atoms with E-state index in [0.717, 1.165) is 82.5 Å². The van der Waals surface area contributed by atoms with Gasteiger partial charge in [0.1, 0.15) is 18.1 Å². The summed E-state index contributed by atoms with van der Waals surface area (Å²) in [6.07, 6.45) is 2.57. The van der Waals surface area contributed by atoms with Crippen LogP contribution in [0, 0.1) is 6.92 Å². The molecule has 0 atom stereocenters. The Morgan fingerprint density at radius 3 is 2.39 bits per heavy atom. The molecule has 3 heterocycles. The minimum Gasteiger partial charge on any atom is -0.497 e. The molecule has 7 heteroatoms. The van der Waals surface area contributed by atoms with Crippen LogP contribution >= 0.6 is 11.3 Å². The lowest BCUT2D eigenvalue weighted by Gasteiger charge is -2.27. The van der Waals surface area contributed by atoms with Crippen molar-refractivity contribution in [3.8, 4) is 21.9 Å². The molecule has 6 rings (SSSR count). The molecule has 3 aromatic carbocycles. The van der Waals surface area contributed by atoms with E-state index < -0.39 is 0 Å². The Bertz CT molecular complexity index is 1500. The first kappa shape index (κ1) is 27.9. The van der Waals surface area contributed by atoms with Gasteiger partial charge in [0, 0.05) is 52.3 Å². The Labute approximate surface area is 246 Å². The smallest absolute Gasteiger partial charge is 0.195 e. The van der Waals surface area contributed by atoms with Crippen molar-refractivity contribution < 1.29 is 19.0 Å². The third-order valence-corrected chi connectivity index (χ3v) is 9.42. The second-order valence-corrected chi connectivity index (χ2v) is 12.0. The van der Waals surface area contributed by atoms with Gasteiger partial charge in [-0.1, -0.05) is 12.1 Å².